The molecule has 0 saturated heterocycles. The summed E-state index contributed by atoms with van der Waals surface area (Å²) in [6.07, 6.45) is 0. The summed E-state index contributed by atoms with van der Waals surface area (Å²) in [5.41, 5.74) is 3.03. The van der Waals surface area contributed by atoms with E-state index in [2.05, 4.69) is 31.1 Å². The van der Waals surface area contributed by atoms with Gasteiger partial charge in [0.1, 0.15) is 8.07 Å². The van der Waals surface area contributed by atoms with Crippen LogP contribution in [0.3, 0.4) is 0 Å². The Morgan fingerprint density at radius 2 is 2.00 bits per heavy atom. The Hall–Kier alpha value is -1.67. The zero-order valence-corrected chi connectivity index (χ0v) is 10.4. The molecule has 1 rings (SSSR count). The SMILES string of the molecule is C[Si](C)(C)C#Cc1ccc([N+](=O)[O-])c(F)c1. The van der Waals surface area contributed by atoms with E-state index in [9.17, 15) is 14.5 Å². The van der Waals surface area contributed by atoms with E-state index in [-0.39, 0.29) is 0 Å². The van der Waals surface area contributed by atoms with E-state index in [1.807, 2.05) is 0 Å². The highest BCUT2D eigenvalue weighted by Crippen LogP contribution is 2.17. The molecule has 0 unspecified atom stereocenters. The third kappa shape index (κ3) is 3.48. The van der Waals surface area contributed by atoms with Crippen molar-refractivity contribution in [2.24, 2.45) is 0 Å². The number of rotatable bonds is 1. The summed E-state index contributed by atoms with van der Waals surface area (Å²) in [7, 11) is -1.51. The molecule has 0 bridgehead atoms. The Labute approximate surface area is 94.5 Å². The molecule has 1 aromatic rings. The largest absolute Gasteiger partial charge is 0.304 e. The molecule has 84 valence electrons. The second kappa shape index (κ2) is 4.45. The van der Waals surface area contributed by atoms with Gasteiger partial charge in [0.15, 0.2) is 0 Å². The molecule has 0 aromatic heterocycles. The van der Waals surface area contributed by atoms with Crippen LogP contribution in [0.4, 0.5) is 10.1 Å². The highest BCUT2D eigenvalue weighted by atomic mass is 28.3. The lowest BCUT2D eigenvalue weighted by Crippen LogP contribution is -2.16. The van der Waals surface area contributed by atoms with Crippen LogP contribution in [-0.4, -0.2) is 13.0 Å². The summed E-state index contributed by atoms with van der Waals surface area (Å²) in [5.74, 6) is 2.00. The van der Waals surface area contributed by atoms with Gasteiger partial charge in [-0.3, -0.25) is 10.1 Å². The van der Waals surface area contributed by atoms with Crippen molar-refractivity contribution in [3.63, 3.8) is 0 Å². The first-order chi connectivity index (χ1) is 7.29. The van der Waals surface area contributed by atoms with Crippen LogP contribution >= 0.6 is 0 Å². The number of nitro benzene ring substituents is 1. The van der Waals surface area contributed by atoms with Crippen molar-refractivity contribution in [1.82, 2.24) is 0 Å². The van der Waals surface area contributed by atoms with E-state index in [1.54, 1.807) is 0 Å². The van der Waals surface area contributed by atoms with Crippen molar-refractivity contribution in [3.8, 4) is 11.5 Å². The molecule has 0 saturated carbocycles. The van der Waals surface area contributed by atoms with Gasteiger partial charge in [0, 0.05) is 11.6 Å². The Morgan fingerprint density at radius 1 is 1.38 bits per heavy atom. The fourth-order valence-corrected chi connectivity index (χ4v) is 1.51. The molecule has 0 fully saturated rings. The van der Waals surface area contributed by atoms with Crippen molar-refractivity contribution >= 4 is 13.8 Å². The average Bonchev–Trinajstić information content (AvgIpc) is 2.13. The van der Waals surface area contributed by atoms with Gasteiger partial charge in [-0.2, -0.15) is 4.39 Å². The zero-order valence-electron chi connectivity index (χ0n) is 9.37. The number of hydrogen-bond donors (Lipinski definition) is 0. The molecule has 0 amide bonds. The van der Waals surface area contributed by atoms with E-state index in [0.717, 1.165) is 12.1 Å². The van der Waals surface area contributed by atoms with E-state index >= 15 is 0 Å². The minimum absolute atomic E-state index is 0.477. The van der Waals surface area contributed by atoms with Crippen LogP contribution in [0.15, 0.2) is 18.2 Å². The molecule has 0 radical (unpaired) electrons. The molecule has 0 spiro atoms. The average molecular weight is 237 g/mol. The van der Waals surface area contributed by atoms with Gasteiger partial charge in [0.25, 0.3) is 0 Å². The maximum absolute atomic E-state index is 13.2. The number of nitro groups is 1. The van der Waals surface area contributed by atoms with Crippen LogP contribution in [0.5, 0.6) is 0 Å². The maximum atomic E-state index is 13.2. The van der Waals surface area contributed by atoms with Crippen LogP contribution in [0.25, 0.3) is 0 Å². The van der Waals surface area contributed by atoms with Crippen LogP contribution in [0.1, 0.15) is 5.56 Å². The third-order valence-corrected chi connectivity index (χ3v) is 2.60. The van der Waals surface area contributed by atoms with E-state index in [4.69, 9.17) is 0 Å². The zero-order chi connectivity index (χ0) is 12.3. The molecule has 3 nitrogen and oxygen atoms in total. The van der Waals surface area contributed by atoms with Crippen molar-refractivity contribution in [2.75, 3.05) is 0 Å². The minimum atomic E-state index is -1.51. The number of halogens is 1. The van der Waals surface area contributed by atoms with Crippen LogP contribution in [0, 0.1) is 27.4 Å². The fraction of sp³-hybridized carbons (Fsp3) is 0.273. The topological polar surface area (TPSA) is 43.1 Å². The van der Waals surface area contributed by atoms with Gasteiger partial charge in [-0.25, -0.2) is 0 Å². The molecule has 0 N–H and O–H groups in total. The smallest absolute Gasteiger partial charge is 0.258 e. The predicted molar refractivity (Wildman–Crippen MR) is 63.3 cm³/mol. The summed E-state index contributed by atoms with van der Waals surface area (Å²) in [6, 6.07) is 3.71. The van der Waals surface area contributed by atoms with Gasteiger partial charge in [0.05, 0.1) is 4.92 Å². The molecule has 5 heteroatoms. The van der Waals surface area contributed by atoms with Gasteiger partial charge >= 0.3 is 5.69 Å². The second-order valence-corrected chi connectivity index (χ2v) is 9.17. The first-order valence-electron chi connectivity index (χ1n) is 4.77. The van der Waals surface area contributed by atoms with Crippen molar-refractivity contribution < 1.29 is 9.31 Å². The molecule has 0 aliphatic rings. The van der Waals surface area contributed by atoms with Crippen molar-refractivity contribution in [2.45, 2.75) is 19.6 Å². The highest BCUT2D eigenvalue weighted by molar-refractivity contribution is 6.83. The Balaban J connectivity index is 3.06. The van der Waals surface area contributed by atoms with E-state index in [0.29, 0.717) is 5.56 Å². The van der Waals surface area contributed by atoms with Gasteiger partial charge in [0.2, 0.25) is 5.82 Å². The third-order valence-electron chi connectivity index (χ3n) is 1.73. The Morgan fingerprint density at radius 3 is 2.44 bits per heavy atom. The molecular formula is C11H12FNO2Si. The monoisotopic (exact) mass is 237 g/mol. The number of benzene rings is 1. The predicted octanol–water partition coefficient (Wildman–Crippen LogP) is 2.96. The standard InChI is InChI=1S/C11H12FNO2Si/c1-16(2,3)7-6-9-4-5-11(13(14)15)10(12)8-9/h4-5,8H,1-3H3. The summed E-state index contributed by atoms with van der Waals surface area (Å²) in [6.45, 7) is 6.21. The maximum Gasteiger partial charge on any atom is 0.304 e. The molecule has 0 aliphatic heterocycles. The van der Waals surface area contributed by atoms with E-state index < -0.39 is 24.5 Å². The lowest BCUT2D eigenvalue weighted by Gasteiger charge is -2.03. The lowest BCUT2D eigenvalue weighted by atomic mass is 10.2. The quantitative estimate of drug-likeness (QED) is 0.326. The highest BCUT2D eigenvalue weighted by Gasteiger charge is 2.13. The molecular weight excluding hydrogens is 225 g/mol. The van der Waals surface area contributed by atoms with Crippen molar-refractivity contribution in [3.05, 3.63) is 39.7 Å². The van der Waals surface area contributed by atoms with Gasteiger partial charge in [-0.15, -0.1) is 5.54 Å². The van der Waals surface area contributed by atoms with Gasteiger partial charge < -0.3 is 0 Å². The van der Waals surface area contributed by atoms with E-state index in [1.165, 1.54) is 6.07 Å². The van der Waals surface area contributed by atoms with Crippen LogP contribution in [0.2, 0.25) is 19.6 Å². The Kier molecular flexibility index (Phi) is 3.45. The summed E-state index contributed by atoms with van der Waals surface area (Å²) in [4.78, 5) is 9.64. The second-order valence-electron chi connectivity index (χ2n) is 4.42. The fourth-order valence-electron chi connectivity index (χ4n) is 0.992. The first-order valence-corrected chi connectivity index (χ1v) is 8.27. The summed E-state index contributed by atoms with van der Waals surface area (Å²) < 4.78 is 13.2. The number of nitrogens with zero attached hydrogens (tertiary/aromatic N) is 1. The van der Waals surface area contributed by atoms with Gasteiger partial charge in [-0.05, 0) is 12.1 Å². The van der Waals surface area contributed by atoms with Gasteiger partial charge in [-0.1, -0.05) is 25.6 Å². The summed E-state index contributed by atoms with van der Waals surface area (Å²) >= 11 is 0. The lowest BCUT2D eigenvalue weighted by molar-refractivity contribution is -0.387. The molecule has 1 aromatic carbocycles. The molecule has 16 heavy (non-hydrogen) atoms. The minimum Gasteiger partial charge on any atom is -0.258 e. The molecule has 0 aliphatic carbocycles. The molecule has 0 heterocycles. The normalized spacial score (nSPS) is 10.5. The molecule has 0 atom stereocenters. The van der Waals surface area contributed by atoms with Crippen molar-refractivity contribution in [1.29, 1.82) is 0 Å². The summed E-state index contributed by atoms with van der Waals surface area (Å²) in [5, 5.41) is 10.4. The Bertz CT molecular complexity index is 483. The first kappa shape index (κ1) is 12.4. The van der Waals surface area contributed by atoms with Crippen LogP contribution < -0.4 is 0 Å². The van der Waals surface area contributed by atoms with Crippen LogP contribution in [-0.2, 0) is 0 Å². The number of hydrogen-bond acceptors (Lipinski definition) is 2.